The van der Waals surface area contributed by atoms with Gasteiger partial charge in [-0.2, -0.15) is 4.31 Å². The molecule has 0 radical (unpaired) electrons. The lowest BCUT2D eigenvalue weighted by Gasteiger charge is -2.34. The van der Waals surface area contributed by atoms with Gasteiger partial charge in [0.05, 0.1) is 4.90 Å². The van der Waals surface area contributed by atoms with Gasteiger partial charge in [0.15, 0.2) is 0 Å². The zero-order valence-corrected chi connectivity index (χ0v) is 19.6. The SMILES string of the molecule is C[C@@H]1CCCCN1CCNC(=O)C1CCN(S(=O)(=O)c2ccc3c(c2)CCCC3)CC1. The molecule has 2 fully saturated rings. The average molecular weight is 448 g/mol. The summed E-state index contributed by atoms with van der Waals surface area (Å²) in [5, 5.41) is 3.09. The minimum Gasteiger partial charge on any atom is -0.355 e. The van der Waals surface area contributed by atoms with Crippen molar-refractivity contribution in [3.8, 4) is 0 Å². The van der Waals surface area contributed by atoms with Crippen molar-refractivity contribution in [1.29, 1.82) is 0 Å². The van der Waals surface area contributed by atoms with Crippen LogP contribution in [-0.2, 0) is 27.7 Å². The summed E-state index contributed by atoms with van der Waals surface area (Å²) < 4.78 is 27.9. The minimum absolute atomic E-state index is 0.0792. The number of hydrogen-bond donors (Lipinski definition) is 1. The predicted octanol–water partition coefficient (Wildman–Crippen LogP) is 2.96. The van der Waals surface area contributed by atoms with E-state index in [1.54, 1.807) is 10.4 Å². The summed E-state index contributed by atoms with van der Waals surface area (Å²) in [5.41, 5.74) is 2.48. The standard InChI is InChI=1S/C24H37N3O3S/c1-19-6-4-5-14-26(19)17-13-25-24(28)21-11-15-27(16-12-21)31(29,30)23-10-9-20-7-2-3-8-22(20)18-23/h9-10,18-19,21H,2-8,11-17H2,1H3,(H,25,28)/t19-/m1/s1. The third-order valence-corrected chi connectivity index (χ3v) is 9.32. The van der Waals surface area contributed by atoms with Gasteiger partial charge in [-0.05, 0) is 88.1 Å². The molecule has 172 valence electrons. The van der Waals surface area contributed by atoms with Gasteiger partial charge in [-0.15, -0.1) is 0 Å². The molecule has 3 aliphatic rings. The molecule has 0 bridgehead atoms. The van der Waals surface area contributed by atoms with Crippen molar-refractivity contribution < 1.29 is 13.2 Å². The molecule has 0 aromatic heterocycles. The second kappa shape index (κ2) is 10.0. The van der Waals surface area contributed by atoms with Crippen molar-refractivity contribution in [3.63, 3.8) is 0 Å². The van der Waals surface area contributed by atoms with Crippen molar-refractivity contribution in [2.75, 3.05) is 32.7 Å². The minimum atomic E-state index is -3.49. The predicted molar refractivity (Wildman–Crippen MR) is 122 cm³/mol. The van der Waals surface area contributed by atoms with Gasteiger partial charge in [0.1, 0.15) is 0 Å². The Morgan fingerprint density at radius 1 is 1.00 bits per heavy atom. The van der Waals surface area contributed by atoms with Crippen molar-refractivity contribution >= 4 is 15.9 Å². The van der Waals surface area contributed by atoms with E-state index in [0.29, 0.717) is 43.4 Å². The maximum absolute atomic E-state index is 13.1. The zero-order valence-electron chi connectivity index (χ0n) is 18.8. The number of nitrogens with zero attached hydrogens (tertiary/aromatic N) is 2. The summed E-state index contributed by atoms with van der Waals surface area (Å²) in [5.74, 6) is -0.00995. The van der Waals surface area contributed by atoms with Gasteiger partial charge in [-0.1, -0.05) is 12.5 Å². The summed E-state index contributed by atoms with van der Waals surface area (Å²) in [6.07, 6.45) is 9.31. The van der Waals surface area contributed by atoms with Gasteiger partial charge < -0.3 is 5.32 Å². The van der Waals surface area contributed by atoms with E-state index in [9.17, 15) is 13.2 Å². The highest BCUT2D eigenvalue weighted by Gasteiger charge is 2.32. The van der Waals surface area contributed by atoms with Crippen molar-refractivity contribution in [3.05, 3.63) is 29.3 Å². The van der Waals surface area contributed by atoms with Crippen molar-refractivity contribution in [2.24, 2.45) is 5.92 Å². The number of carbonyl (C=O) groups is 1. The van der Waals surface area contributed by atoms with Crippen LogP contribution in [0.2, 0.25) is 0 Å². The maximum atomic E-state index is 13.1. The number of rotatable bonds is 6. The molecule has 4 rings (SSSR count). The summed E-state index contributed by atoms with van der Waals surface area (Å²) >= 11 is 0. The first kappa shape index (κ1) is 22.7. The molecule has 7 heteroatoms. The van der Waals surface area contributed by atoms with Crippen LogP contribution in [0.1, 0.15) is 63.0 Å². The summed E-state index contributed by atoms with van der Waals surface area (Å²) in [6.45, 7) is 5.80. The molecule has 1 amide bonds. The highest BCUT2D eigenvalue weighted by molar-refractivity contribution is 7.89. The van der Waals surface area contributed by atoms with Gasteiger partial charge in [0, 0.05) is 38.1 Å². The lowest BCUT2D eigenvalue weighted by molar-refractivity contribution is -0.126. The number of benzene rings is 1. The van der Waals surface area contributed by atoms with E-state index in [1.807, 2.05) is 12.1 Å². The van der Waals surface area contributed by atoms with E-state index in [0.717, 1.165) is 32.4 Å². The fourth-order valence-electron chi connectivity index (χ4n) is 5.33. The zero-order chi connectivity index (χ0) is 21.8. The van der Waals surface area contributed by atoms with Crippen LogP contribution < -0.4 is 5.32 Å². The second-order valence-corrected chi connectivity index (χ2v) is 11.4. The summed E-state index contributed by atoms with van der Waals surface area (Å²) in [6, 6.07) is 6.23. The lowest BCUT2D eigenvalue weighted by atomic mass is 9.92. The third-order valence-electron chi connectivity index (χ3n) is 7.42. The molecule has 2 saturated heterocycles. The first-order valence-electron chi connectivity index (χ1n) is 12.1. The lowest BCUT2D eigenvalue weighted by Crippen LogP contribution is -2.46. The van der Waals surface area contributed by atoms with Crippen LogP contribution in [0.3, 0.4) is 0 Å². The molecular weight excluding hydrogens is 410 g/mol. The fourth-order valence-corrected chi connectivity index (χ4v) is 6.86. The number of piperidine rings is 2. The Morgan fingerprint density at radius 2 is 1.74 bits per heavy atom. The Labute approximate surface area is 187 Å². The topological polar surface area (TPSA) is 69.7 Å². The molecule has 31 heavy (non-hydrogen) atoms. The molecule has 0 unspecified atom stereocenters. The Hall–Kier alpha value is -1.44. The van der Waals surface area contributed by atoms with E-state index >= 15 is 0 Å². The Morgan fingerprint density at radius 3 is 2.48 bits per heavy atom. The number of amides is 1. The van der Waals surface area contributed by atoms with E-state index < -0.39 is 10.0 Å². The van der Waals surface area contributed by atoms with Gasteiger partial charge in [0.25, 0.3) is 0 Å². The second-order valence-electron chi connectivity index (χ2n) is 9.49. The van der Waals surface area contributed by atoms with Gasteiger partial charge >= 0.3 is 0 Å². The number of fused-ring (bicyclic) bond motifs is 1. The van der Waals surface area contributed by atoms with Crippen molar-refractivity contribution in [2.45, 2.75) is 75.6 Å². The van der Waals surface area contributed by atoms with Crippen LogP contribution in [0.25, 0.3) is 0 Å². The molecule has 1 aliphatic carbocycles. The largest absolute Gasteiger partial charge is 0.355 e. The molecular formula is C24H37N3O3S. The molecule has 1 aromatic rings. The quantitative estimate of drug-likeness (QED) is 0.728. The van der Waals surface area contributed by atoms with Crippen LogP contribution in [-0.4, -0.2) is 62.3 Å². The third kappa shape index (κ3) is 5.32. The molecule has 1 N–H and O–H groups in total. The number of nitrogens with one attached hydrogen (secondary N) is 1. The summed E-state index contributed by atoms with van der Waals surface area (Å²) in [4.78, 5) is 15.5. The number of likely N-dealkylation sites (tertiary alicyclic amines) is 1. The molecule has 1 aromatic carbocycles. The van der Waals surface area contributed by atoms with E-state index in [2.05, 4.69) is 17.1 Å². The first-order chi connectivity index (χ1) is 14.9. The van der Waals surface area contributed by atoms with Crippen LogP contribution >= 0.6 is 0 Å². The fraction of sp³-hybridized carbons (Fsp3) is 0.708. The number of aryl methyl sites for hydroxylation is 2. The molecule has 6 nitrogen and oxygen atoms in total. The monoisotopic (exact) mass is 447 g/mol. The van der Waals surface area contributed by atoms with Gasteiger partial charge in [-0.3, -0.25) is 9.69 Å². The Balaban J connectivity index is 1.27. The molecule has 0 spiro atoms. The highest BCUT2D eigenvalue weighted by atomic mass is 32.2. The Bertz CT molecular complexity index is 878. The van der Waals surface area contributed by atoms with Gasteiger partial charge in [-0.25, -0.2) is 8.42 Å². The molecule has 0 saturated carbocycles. The Kier molecular flexibility index (Phi) is 7.34. The number of hydrogen-bond acceptors (Lipinski definition) is 4. The number of carbonyl (C=O) groups excluding carboxylic acids is 1. The average Bonchev–Trinajstić information content (AvgIpc) is 2.80. The number of sulfonamides is 1. The summed E-state index contributed by atoms with van der Waals surface area (Å²) in [7, 11) is -3.49. The van der Waals surface area contributed by atoms with E-state index in [1.165, 1.54) is 36.8 Å². The van der Waals surface area contributed by atoms with E-state index in [4.69, 9.17) is 0 Å². The van der Waals surface area contributed by atoms with Crippen molar-refractivity contribution in [1.82, 2.24) is 14.5 Å². The van der Waals surface area contributed by atoms with Crippen LogP contribution in [0.15, 0.2) is 23.1 Å². The first-order valence-corrected chi connectivity index (χ1v) is 13.5. The smallest absolute Gasteiger partial charge is 0.243 e. The van der Waals surface area contributed by atoms with Crippen LogP contribution in [0.5, 0.6) is 0 Å². The normalized spacial score (nSPS) is 24.0. The molecule has 1 atom stereocenters. The highest BCUT2D eigenvalue weighted by Crippen LogP contribution is 2.28. The van der Waals surface area contributed by atoms with Crippen LogP contribution in [0.4, 0.5) is 0 Å². The molecule has 2 aliphatic heterocycles. The van der Waals surface area contributed by atoms with E-state index in [-0.39, 0.29) is 11.8 Å². The maximum Gasteiger partial charge on any atom is 0.243 e. The molecule has 2 heterocycles. The van der Waals surface area contributed by atoms with Gasteiger partial charge in [0.2, 0.25) is 15.9 Å². The van der Waals surface area contributed by atoms with Crippen LogP contribution in [0, 0.1) is 5.92 Å².